The second-order valence-corrected chi connectivity index (χ2v) is 10.6. The highest BCUT2D eigenvalue weighted by Crippen LogP contribution is 2.39. The summed E-state index contributed by atoms with van der Waals surface area (Å²) in [6, 6.07) is 11.2. The van der Waals surface area contributed by atoms with E-state index >= 15 is 4.39 Å². The molecular formula is C29H32FN7O2. The summed E-state index contributed by atoms with van der Waals surface area (Å²) in [6.07, 6.45) is 4.00. The number of aromatic nitrogens is 4. The van der Waals surface area contributed by atoms with E-state index in [4.69, 9.17) is 0 Å². The SMILES string of the molecule is C=CCn1c(=O)c2cnc(Nc3ccc(N4CCN(C)CC4)cc3)nc2n1-c1cc(F)c2c(c1)[C@](C)(O)CC2. The standard InChI is InChI=1S/C29H32FN7O2/c1-4-11-36-27(38)23-18-31-28(32-19-5-7-20(8-6-19)35-14-12-34(3)13-15-35)33-26(23)37(36)21-16-24-22(25(30)17-21)9-10-29(24,2)39/h4-8,16-18,39H,1,9-15H2,2-3H3,(H,31,32,33)/t29-/m1/s1. The summed E-state index contributed by atoms with van der Waals surface area (Å²) >= 11 is 0. The molecule has 0 unspecified atom stereocenters. The number of anilines is 3. The fourth-order valence-electron chi connectivity index (χ4n) is 5.57. The van der Waals surface area contributed by atoms with Gasteiger partial charge < -0.3 is 20.2 Å². The minimum Gasteiger partial charge on any atom is -0.385 e. The fourth-order valence-corrected chi connectivity index (χ4v) is 5.57. The van der Waals surface area contributed by atoms with Crippen LogP contribution in [0.25, 0.3) is 16.7 Å². The minimum absolute atomic E-state index is 0.195. The summed E-state index contributed by atoms with van der Waals surface area (Å²) in [5.74, 6) is -0.0967. The molecule has 6 rings (SSSR count). The predicted molar refractivity (Wildman–Crippen MR) is 151 cm³/mol. The Labute approximate surface area is 225 Å². The number of likely N-dealkylation sites (N-methyl/N-ethyl adjacent to an activating group) is 1. The van der Waals surface area contributed by atoms with Crippen molar-refractivity contribution in [2.45, 2.75) is 31.9 Å². The highest BCUT2D eigenvalue weighted by atomic mass is 19.1. The Bertz CT molecular complexity index is 1620. The molecule has 4 aromatic rings. The van der Waals surface area contributed by atoms with Crippen LogP contribution in [0.1, 0.15) is 24.5 Å². The van der Waals surface area contributed by atoms with E-state index in [9.17, 15) is 9.90 Å². The van der Waals surface area contributed by atoms with Crippen molar-refractivity contribution < 1.29 is 9.50 Å². The smallest absolute Gasteiger partial charge is 0.278 e. The Balaban J connectivity index is 1.38. The summed E-state index contributed by atoms with van der Waals surface area (Å²) in [5.41, 5.74) is 2.31. The third kappa shape index (κ3) is 4.49. The van der Waals surface area contributed by atoms with Crippen LogP contribution in [-0.2, 0) is 18.6 Å². The zero-order valence-corrected chi connectivity index (χ0v) is 22.2. The Morgan fingerprint density at radius 3 is 2.62 bits per heavy atom. The van der Waals surface area contributed by atoms with Gasteiger partial charge >= 0.3 is 0 Å². The van der Waals surface area contributed by atoms with Crippen molar-refractivity contribution in [2.24, 2.45) is 0 Å². The highest BCUT2D eigenvalue weighted by molar-refractivity contribution is 5.77. The molecule has 0 saturated carbocycles. The third-order valence-corrected chi connectivity index (χ3v) is 7.84. The first-order chi connectivity index (χ1) is 18.7. The van der Waals surface area contributed by atoms with E-state index in [1.165, 1.54) is 16.9 Å². The van der Waals surface area contributed by atoms with E-state index in [0.717, 1.165) is 37.6 Å². The lowest BCUT2D eigenvalue weighted by Crippen LogP contribution is -2.44. The summed E-state index contributed by atoms with van der Waals surface area (Å²) < 4.78 is 18.2. The normalized spacial score (nSPS) is 19.4. The maximum atomic E-state index is 15.2. The number of hydrogen-bond donors (Lipinski definition) is 2. The average Bonchev–Trinajstić information content (AvgIpc) is 3.38. The van der Waals surface area contributed by atoms with Gasteiger partial charge in [0.25, 0.3) is 5.56 Å². The van der Waals surface area contributed by atoms with Gasteiger partial charge in [0.2, 0.25) is 5.95 Å². The van der Waals surface area contributed by atoms with E-state index in [2.05, 4.69) is 50.8 Å². The van der Waals surface area contributed by atoms with Crippen molar-refractivity contribution in [2.75, 3.05) is 43.4 Å². The largest absolute Gasteiger partial charge is 0.385 e. The Kier molecular flexibility index (Phi) is 6.23. The van der Waals surface area contributed by atoms with Gasteiger partial charge in [0, 0.05) is 43.8 Å². The van der Waals surface area contributed by atoms with Crippen LogP contribution in [-0.4, -0.2) is 62.6 Å². The second kappa shape index (κ2) is 9.62. The molecule has 10 heteroatoms. The van der Waals surface area contributed by atoms with Gasteiger partial charge in [-0.2, -0.15) is 4.98 Å². The van der Waals surface area contributed by atoms with Gasteiger partial charge in [0.05, 0.1) is 17.8 Å². The van der Waals surface area contributed by atoms with E-state index in [1.54, 1.807) is 23.7 Å². The number of fused-ring (bicyclic) bond motifs is 2. The maximum Gasteiger partial charge on any atom is 0.278 e. The molecule has 0 amide bonds. The lowest BCUT2D eigenvalue weighted by molar-refractivity contribution is 0.0594. The van der Waals surface area contributed by atoms with Crippen molar-refractivity contribution in [1.29, 1.82) is 0 Å². The number of allylic oxidation sites excluding steroid dienone is 1. The van der Waals surface area contributed by atoms with Crippen LogP contribution in [0.4, 0.5) is 21.7 Å². The molecule has 202 valence electrons. The molecule has 2 aromatic heterocycles. The fraction of sp³-hybridized carbons (Fsp3) is 0.345. The second-order valence-electron chi connectivity index (χ2n) is 10.6. The van der Waals surface area contributed by atoms with Crippen LogP contribution >= 0.6 is 0 Å². The van der Waals surface area contributed by atoms with Crippen LogP contribution in [0.3, 0.4) is 0 Å². The molecule has 1 aliphatic heterocycles. The number of halogens is 1. The first-order valence-corrected chi connectivity index (χ1v) is 13.2. The average molecular weight is 530 g/mol. The quantitative estimate of drug-likeness (QED) is 0.369. The Morgan fingerprint density at radius 1 is 1.15 bits per heavy atom. The topological polar surface area (TPSA) is 91.5 Å². The molecular weight excluding hydrogens is 497 g/mol. The van der Waals surface area contributed by atoms with E-state index in [1.807, 2.05) is 12.1 Å². The molecule has 0 radical (unpaired) electrons. The summed E-state index contributed by atoms with van der Waals surface area (Å²) in [7, 11) is 2.14. The monoisotopic (exact) mass is 529 g/mol. The van der Waals surface area contributed by atoms with Gasteiger partial charge in [-0.1, -0.05) is 6.08 Å². The van der Waals surface area contributed by atoms with Crippen LogP contribution in [0.2, 0.25) is 0 Å². The number of aliphatic hydroxyl groups is 1. The predicted octanol–water partition coefficient (Wildman–Crippen LogP) is 3.56. The number of benzene rings is 2. The van der Waals surface area contributed by atoms with Crippen molar-refractivity contribution in [3.63, 3.8) is 0 Å². The minimum atomic E-state index is -1.14. The molecule has 2 aromatic carbocycles. The van der Waals surface area contributed by atoms with E-state index in [-0.39, 0.29) is 12.1 Å². The molecule has 1 aliphatic carbocycles. The molecule has 1 saturated heterocycles. The molecule has 39 heavy (non-hydrogen) atoms. The number of nitrogens with zero attached hydrogens (tertiary/aromatic N) is 6. The van der Waals surface area contributed by atoms with Gasteiger partial charge in [-0.3, -0.25) is 4.79 Å². The number of rotatable bonds is 6. The number of hydrogen-bond acceptors (Lipinski definition) is 7. The number of piperazine rings is 1. The number of nitrogens with one attached hydrogen (secondary N) is 1. The molecule has 0 bridgehead atoms. The highest BCUT2D eigenvalue weighted by Gasteiger charge is 2.35. The van der Waals surface area contributed by atoms with Crippen LogP contribution < -0.4 is 15.8 Å². The lowest BCUT2D eigenvalue weighted by Gasteiger charge is -2.34. The van der Waals surface area contributed by atoms with E-state index in [0.29, 0.717) is 46.6 Å². The Hall–Kier alpha value is -4.02. The molecule has 2 N–H and O–H groups in total. The lowest BCUT2D eigenvalue weighted by atomic mass is 9.98. The molecule has 1 fully saturated rings. The molecule has 0 spiro atoms. The molecule has 1 atom stereocenters. The van der Waals surface area contributed by atoms with Gasteiger partial charge in [-0.05, 0) is 74.3 Å². The molecule has 9 nitrogen and oxygen atoms in total. The molecule has 3 heterocycles. The van der Waals surface area contributed by atoms with Crippen LogP contribution in [0.5, 0.6) is 0 Å². The van der Waals surface area contributed by atoms with Gasteiger partial charge in [0.15, 0.2) is 5.65 Å². The maximum absolute atomic E-state index is 15.2. The van der Waals surface area contributed by atoms with Crippen LogP contribution in [0, 0.1) is 5.82 Å². The van der Waals surface area contributed by atoms with Gasteiger partial charge in [0.1, 0.15) is 11.2 Å². The van der Waals surface area contributed by atoms with Crippen molar-refractivity contribution >= 4 is 28.4 Å². The van der Waals surface area contributed by atoms with Gasteiger partial charge in [-0.15, -0.1) is 6.58 Å². The van der Waals surface area contributed by atoms with Crippen molar-refractivity contribution in [3.05, 3.63) is 82.5 Å². The Morgan fingerprint density at radius 2 is 1.90 bits per heavy atom. The van der Waals surface area contributed by atoms with Crippen molar-refractivity contribution in [3.8, 4) is 5.69 Å². The zero-order chi connectivity index (χ0) is 27.3. The summed E-state index contributed by atoms with van der Waals surface area (Å²) in [4.78, 5) is 27.0. The van der Waals surface area contributed by atoms with Crippen LogP contribution in [0.15, 0.2) is 60.0 Å². The van der Waals surface area contributed by atoms with Gasteiger partial charge in [-0.25, -0.2) is 18.7 Å². The van der Waals surface area contributed by atoms with E-state index < -0.39 is 11.4 Å². The zero-order valence-electron chi connectivity index (χ0n) is 22.2. The molecule has 2 aliphatic rings. The van der Waals surface area contributed by atoms with Crippen molar-refractivity contribution in [1.82, 2.24) is 24.2 Å². The summed E-state index contributed by atoms with van der Waals surface area (Å²) in [5, 5.41) is 14.4. The first kappa shape index (κ1) is 25.3. The first-order valence-electron chi connectivity index (χ1n) is 13.2. The third-order valence-electron chi connectivity index (χ3n) is 7.84. The summed E-state index contributed by atoms with van der Waals surface area (Å²) in [6.45, 7) is 9.70.